The molecule has 0 saturated heterocycles. The molecular weight excluding hydrogens is 404 g/mol. The fourth-order valence-corrected chi connectivity index (χ4v) is 2.50. The second kappa shape index (κ2) is 13.0. The maximum atomic E-state index is 11.6. The normalized spacial score (nSPS) is 11.9. The number of carbonyl (C=O) groups excluding carboxylic acids is 2. The summed E-state index contributed by atoms with van der Waals surface area (Å²) in [5, 5.41) is 4.21. The van der Waals surface area contributed by atoms with Crippen molar-refractivity contribution < 1.29 is 43.0 Å². The van der Waals surface area contributed by atoms with Gasteiger partial charge in [0.2, 0.25) is 11.8 Å². The van der Waals surface area contributed by atoms with Crippen molar-refractivity contribution in [3.63, 3.8) is 0 Å². The Labute approximate surface area is 157 Å². The topological polar surface area (TPSA) is 186 Å². The number of hydrogen-bond donors (Lipinski definition) is 6. The minimum absolute atomic E-state index is 0.0702. The van der Waals surface area contributed by atoms with Crippen LogP contribution in [0.5, 0.6) is 0 Å². The van der Waals surface area contributed by atoms with Crippen LogP contribution in [-0.2, 0) is 23.5 Å². The molecule has 0 bridgehead atoms. The molecule has 2 amide bonds. The average Bonchev–Trinajstić information content (AvgIpc) is 2.55. The summed E-state index contributed by atoms with van der Waals surface area (Å²) < 4.78 is 26.6. The molecule has 0 spiro atoms. The van der Waals surface area contributed by atoms with E-state index in [-0.39, 0.29) is 39.1 Å². The molecule has 27 heavy (non-hydrogen) atoms. The van der Waals surface area contributed by atoms with E-state index in [4.69, 9.17) is 30.7 Å². The Kier molecular flexibility index (Phi) is 12.4. The molecule has 6 N–H and O–H groups in total. The molecule has 0 aromatic heterocycles. The van der Waals surface area contributed by atoms with Gasteiger partial charge >= 0.3 is 15.2 Å². The van der Waals surface area contributed by atoms with Gasteiger partial charge in [0.1, 0.15) is 19.2 Å². The lowest BCUT2D eigenvalue weighted by atomic mass is 10.3. The Morgan fingerprint density at radius 3 is 1.74 bits per heavy atom. The van der Waals surface area contributed by atoms with Gasteiger partial charge in [0.05, 0.1) is 6.61 Å². The molecule has 0 saturated carbocycles. The van der Waals surface area contributed by atoms with Crippen molar-refractivity contribution in [2.24, 2.45) is 0 Å². The zero-order chi connectivity index (χ0) is 20.9. The van der Waals surface area contributed by atoms with Gasteiger partial charge in [0, 0.05) is 32.5 Å². The van der Waals surface area contributed by atoms with Crippen molar-refractivity contribution in [3.05, 3.63) is 0 Å². The summed E-state index contributed by atoms with van der Waals surface area (Å²) in [5.41, 5.74) is 0. The van der Waals surface area contributed by atoms with Crippen molar-refractivity contribution >= 4 is 27.0 Å². The fourth-order valence-electron chi connectivity index (χ4n) is 1.74. The average molecular weight is 429 g/mol. The van der Waals surface area contributed by atoms with Crippen molar-refractivity contribution in [1.82, 2.24) is 15.5 Å². The van der Waals surface area contributed by atoms with Gasteiger partial charge in [0.25, 0.3) is 0 Å². The molecule has 0 aromatic rings. The molecule has 0 radical (unpaired) electrons. The largest absolute Gasteiger partial charge is 0.367 e. The standard InChI is InChI=1S/C13H25N3O9P2/c1-2-8-25-9-7-16(5-3-12(17)14-10-26(19,20)21)6-4-13(18)15-11-27(22,23)24/h1H,3-11H2,(H,14,17)(H,15,18)(H2,19,20,21)(H2,22,23,24). The number of carbonyl (C=O) groups is 2. The van der Waals surface area contributed by atoms with Gasteiger partial charge in [-0.15, -0.1) is 6.42 Å². The quantitative estimate of drug-likeness (QED) is 0.105. The molecular formula is C13H25N3O9P2. The second-order valence-electron chi connectivity index (χ2n) is 5.44. The van der Waals surface area contributed by atoms with Gasteiger partial charge in [-0.1, -0.05) is 5.92 Å². The maximum Gasteiger partial charge on any atom is 0.344 e. The third-order valence-electron chi connectivity index (χ3n) is 3.01. The van der Waals surface area contributed by atoms with Gasteiger partial charge < -0.3 is 39.8 Å². The highest BCUT2D eigenvalue weighted by molar-refractivity contribution is 7.51. The van der Waals surface area contributed by atoms with E-state index >= 15 is 0 Å². The zero-order valence-corrected chi connectivity index (χ0v) is 16.4. The molecule has 0 aromatic carbocycles. The van der Waals surface area contributed by atoms with E-state index in [9.17, 15) is 18.7 Å². The number of ether oxygens (including phenoxy) is 1. The van der Waals surface area contributed by atoms with Crippen molar-refractivity contribution in [3.8, 4) is 12.3 Å². The Hall–Kier alpha value is -1.28. The lowest BCUT2D eigenvalue weighted by Crippen LogP contribution is -2.36. The third-order valence-corrected chi connectivity index (χ3v) is 4.15. The minimum atomic E-state index is -4.34. The first-order valence-corrected chi connectivity index (χ1v) is 11.4. The number of nitrogens with one attached hydrogen (secondary N) is 2. The third kappa shape index (κ3) is 17.9. The molecule has 14 heteroatoms. The number of nitrogens with zero attached hydrogens (tertiary/aromatic N) is 1. The Bertz CT molecular complexity index is 569. The van der Waals surface area contributed by atoms with Gasteiger partial charge in [-0.2, -0.15) is 0 Å². The number of terminal acetylenes is 1. The predicted molar refractivity (Wildman–Crippen MR) is 95.4 cm³/mol. The molecule has 0 unspecified atom stereocenters. The summed E-state index contributed by atoms with van der Waals surface area (Å²) in [6.45, 7) is 1.02. The van der Waals surface area contributed by atoms with E-state index in [0.717, 1.165) is 0 Å². The van der Waals surface area contributed by atoms with E-state index in [0.29, 0.717) is 6.54 Å². The highest BCUT2D eigenvalue weighted by Crippen LogP contribution is 2.32. The zero-order valence-electron chi connectivity index (χ0n) is 14.6. The van der Waals surface area contributed by atoms with Gasteiger partial charge in [-0.25, -0.2) is 0 Å². The lowest BCUT2D eigenvalue weighted by Gasteiger charge is -2.21. The van der Waals surface area contributed by atoms with Crippen LogP contribution in [0.1, 0.15) is 12.8 Å². The first kappa shape index (κ1) is 25.7. The molecule has 0 aliphatic rings. The number of amides is 2. The van der Waals surface area contributed by atoms with Crippen LogP contribution >= 0.6 is 15.2 Å². The van der Waals surface area contributed by atoms with E-state index in [1.54, 1.807) is 4.90 Å². The minimum Gasteiger partial charge on any atom is -0.367 e. The SMILES string of the molecule is C#CCOCCN(CCC(=O)NCP(=O)(O)O)CCC(=O)NCP(=O)(O)O. The van der Waals surface area contributed by atoms with Gasteiger partial charge in [-0.3, -0.25) is 18.7 Å². The monoisotopic (exact) mass is 429 g/mol. The predicted octanol–water partition coefficient (Wildman–Crippen LogP) is -1.78. The molecule has 0 fully saturated rings. The van der Waals surface area contributed by atoms with Crippen molar-refractivity contribution in [2.45, 2.75) is 12.8 Å². The van der Waals surface area contributed by atoms with E-state index < -0.39 is 39.6 Å². The van der Waals surface area contributed by atoms with Gasteiger partial charge in [-0.05, 0) is 0 Å². The second-order valence-corrected chi connectivity index (χ2v) is 8.74. The Morgan fingerprint density at radius 1 is 0.926 bits per heavy atom. The highest BCUT2D eigenvalue weighted by Gasteiger charge is 2.17. The Morgan fingerprint density at radius 2 is 1.37 bits per heavy atom. The maximum absolute atomic E-state index is 11.6. The summed E-state index contributed by atoms with van der Waals surface area (Å²) in [5.74, 6) is 1.15. The van der Waals surface area contributed by atoms with Crippen molar-refractivity contribution in [1.29, 1.82) is 0 Å². The van der Waals surface area contributed by atoms with E-state index in [1.165, 1.54) is 0 Å². The molecule has 0 rings (SSSR count). The number of rotatable bonds is 14. The fraction of sp³-hybridized carbons (Fsp3) is 0.692. The summed E-state index contributed by atoms with van der Waals surface area (Å²) in [7, 11) is -8.68. The van der Waals surface area contributed by atoms with Crippen LogP contribution in [-0.4, -0.2) is 81.7 Å². The highest BCUT2D eigenvalue weighted by atomic mass is 31.2. The number of hydrogen-bond acceptors (Lipinski definition) is 6. The van der Waals surface area contributed by atoms with Crippen LogP contribution in [0.3, 0.4) is 0 Å². The smallest absolute Gasteiger partial charge is 0.344 e. The van der Waals surface area contributed by atoms with Crippen LogP contribution < -0.4 is 10.6 Å². The van der Waals surface area contributed by atoms with Crippen LogP contribution in [0, 0.1) is 12.3 Å². The summed E-state index contributed by atoms with van der Waals surface area (Å²) in [4.78, 5) is 59.8. The molecule has 0 aliphatic heterocycles. The molecule has 0 aliphatic carbocycles. The first-order chi connectivity index (χ1) is 12.4. The summed E-state index contributed by atoms with van der Waals surface area (Å²) in [6, 6.07) is 0. The first-order valence-electron chi connectivity index (χ1n) is 7.79. The van der Waals surface area contributed by atoms with Crippen LogP contribution in [0.25, 0.3) is 0 Å². The molecule has 0 atom stereocenters. The van der Waals surface area contributed by atoms with Crippen LogP contribution in [0.15, 0.2) is 0 Å². The molecule has 156 valence electrons. The lowest BCUT2D eigenvalue weighted by molar-refractivity contribution is -0.121. The van der Waals surface area contributed by atoms with Crippen molar-refractivity contribution in [2.75, 3.05) is 45.4 Å². The molecule has 12 nitrogen and oxygen atoms in total. The van der Waals surface area contributed by atoms with Gasteiger partial charge in [0.15, 0.2) is 0 Å². The Balaban J connectivity index is 4.40. The summed E-state index contributed by atoms with van der Waals surface area (Å²) >= 11 is 0. The summed E-state index contributed by atoms with van der Waals surface area (Å²) in [6.07, 6.45) is 3.39. The van der Waals surface area contributed by atoms with Crippen LogP contribution in [0.4, 0.5) is 0 Å². The van der Waals surface area contributed by atoms with Crippen LogP contribution in [0.2, 0.25) is 0 Å². The van der Waals surface area contributed by atoms with E-state index in [1.807, 2.05) is 0 Å². The van der Waals surface area contributed by atoms with E-state index in [2.05, 4.69) is 16.6 Å². The molecule has 0 heterocycles.